The molecule has 0 saturated heterocycles. The third kappa shape index (κ3) is 8.24. The molecule has 5 nitrogen and oxygen atoms in total. The first-order valence-corrected chi connectivity index (χ1v) is 7.77. The second-order valence-corrected chi connectivity index (χ2v) is 6.56. The third-order valence-corrected chi connectivity index (χ3v) is 2.84. The van der Waals surface area contributed by atoms with Crippen LogP contribution in [0.2, 0.25) is 0 Å². The van der Waals surface area contributed by atoms with Gasteiger partial charge in [-0.15, -0.1) is 0 Å². The monoisotopic (exact) mass is 322 g/mol. The summed E-state index contributed by atoms with van der Waals surface area (Å²) < 4.78 is 16.0. The molecule has 0 bridgehead atoms. The summed E-state index contributed by atoms with van der Waals surface area (Å²) in [6.45, 7) is 8.96. The number of rotatable bonds is 7. The molecule has 2 atom stereocenters. The second kappa shape index (κ2) is 8.56. The van der Waals surface area contributed by atoms with Crippen LogP contribution in [0.25, 0.3) is 0 Å². The molecule has 0 aliphatic carbocycles. The molecule has 0 N–H and O–H groups in total. The summed E-state index contributed by atoms with van der Waals surface area (Å²) in [5.74, 6) is -0.665. The Morgan fingerprint density at radius 3 is 2.26 bits per heavy atom. The van der Waals surface area contributed by atoms with Crippen molar-refractivity contribution >= 4 is 11.9 Å². The van der Waals surface area contributed by atoms with Crippen LogP contribution in [-0.4, -0.2) is 30.3 Å². The number of ether oxygens (including phenoxy) is 3. The summed E-state index contributed by atoms with van der Waals surface area (Å²) in [6.07, 6.45) is -0.264. The predicted molar refractivity (Wildman–Crippen MR) is 87.1 cm³/mol. The van der Waals surface area contributed by atoms with E-state index in [4.69, 9.17) is 14.2 Å². The lowest BCUT2D eigenvalue weighted by atomic mass is 10.1. The highest BCUT2D eigenvalue weighted by Gasteiger charge is 2.23. The molecule has 0 fully saturated rings. The van der Waals surface area contributed by atoms with Crippen molar-refractivity contribution in [1.82, 2.24) is 0 Å². The van der Waals surface area contributed by atoms with Gasteiger partial charge in [0.15, 0.2) is 0 Å². The number of carbonyl (C=O) groups excluding carboxylic acids is 2. The molecule has 0 saturated carbocycles. The van der Waals surface area contributed by atoms with Gasteiger partial charge in [0.1, 0.15) is 24.1 Å². The Kier molecular flexibility index (Phi) is 7.07. The summed E-state index contributed by atoms with van der Waals surface area (Å²) in [7, 11) is 0. The molecule has 0 spiro atoms. The van der Waals surface area contributed by atoms with Crippen molar-refractivity contribution in [3.63, 3.8) is 0 Å². The van der Waals surface area contributed by atoms with E-state index in [2.05, 4.69) is 0 Å². The lowest BCUT2D eigenvalue weighted by Crippen LogP contribution is -2.28. The number of benzene rings is 1. The number of hydrogen-bond donors (Lipinski definition) is 0. The van der Waals surface area contributed by atoms with E-state index >= 15 is 0 Å². The normalized spacial score (nSPS) is 13.8. The van der Waals surface area contributed by atoms with Crippen LogP contribution in [0.4, 0.5) is 0 Å². The maximum absolute atomic E-state index is 11.9. The van der Waals surface area contributed by atoms with Crippen molar-refractivity contribution < 1.29 is 23.8 Å². The first-order valence-electron chi connectivity index (χ1n) is 7.77. The molecule has 0 amide bonds. The minimum absolute atomic E-state index is 0.00399. The SMILES string of the molecule is C[C@H](CC(=O)OC(C)(C)C)C(=O)OC[C@H](C)Oc1ccccc1. The molecule has 0 aromatic heterocycles. The van der Waals surface area contributed by atoms with Crippen LogP contribution in [0, 0.1) is 5.92 Å². The van der Waals surface area contributed by atoms with E-state index in [9.17, 15) is 9.59 Å². The van der Waals surface area contributed by atoms with E-state index < -0.39 is 23.5 Å². The van der Waals surface area contributed by atoms with Gasteiger partial charge in [-0.1, -0.05) is 25.1 Å². The van der Waals surface area contributed by atoms with Gasteiger partial charge in [-0.3, -0.25) is 9.59 Å². The average molecular weight is 322 g/mol. The standard InChI is InChI=1S/C18H26O5/c1-13(11-16(19)23-18(3,4)5)17(20)21-12-14(2)22-15-9-7-6-8-10-15/h6-10,13-14H,11-12H2,1-5H3/t13-,14+/m1/s1. The molecule has 0 radical (unpaired) electrons. The van der Waals surface area contributed by atoms with Crippen LogP contribution in [-0.2, 0) is 19.1 Å². The Balaban J connectivity index is 2.33. The summed E-state index contributed by atoms with van der Waals surface area (Å²) in [5, 5.41) is 0. The molecular formula is C18H26O5. The van der Waals surface area contributed by atoms with Crippen LogP contribution in [0.1, 0.15) is 41.0 Å². The molecule has 1 aromatic rings. The summed E-state index contributed by atoms with van der Waals surface area (Å²) in [6, 6.07) is 9.32. The smallest absolute Gasteiger partial charge is 0.309 e. The molecule has 0 aliphatic rings. The minimum atomic E-state index is -0.557. The first kappa shape index (κ1) is 19.0. The van der Waals surface area contributed by atoms with Crippen LogP contribution in [0.3, 0.4) is 0 Å². The van der Waals surface area contributed by atoms with E-state index in [1.807, 2.05) is 37.3 Å². The van der Waals surface area contributed by atoms with Gasteiger partial charge in [0, 0.05) is 0 Å². The molecule has 0 aliphatic heterocycles. The highest BCUT2D eigenvalue weighted by molar-refractivity contribution is 5.79. The molecule has 1 aromatic carbocycles. The number of para-hydroxylation sites is 1. The van der Waals surface area contributed by atoms with E-state index in [-0.39, 0.29) is 19.1 Å². The Morgan fingerprint density at radius 1 is 1.09 bits per heavy atom. The van der Waals surface area contributed by atoms with Crippen LogP contribution >= 0.6 is 0 Å². The van der Waals surface area contributed by atoms with Crippen LogP contribution < -0.4 is 4.74 Å². The van der Waals surface area contributed by atoms with Crippen molar-refractivity contribution in [2.24, 2.45) is 5.92 Å². The fourth-order valence-electron chi connectivity index (χ4n) is 1.82. The van der Waals surface area contributed by atoms with Gasteiger partial charge < -0.3 is 14.2 Å². The Labute approximate surface area is 137 Å². The van der Waals surface area contributed by atoms with Gasteiger partial charge in [-0.05, 0) is 39.8 Å². The molecular weight excluding hydrogens is 296 g/mol. The Bertz CT molecular complexity index is 504. The highest BCUT2D eigenvalue weighted by atomic mass is 16.6. The average Bonchev–Trinajstić information content (AvgIpc) is 2.43. The van der Waals surface area contributed by atoms with Crippen molar-refractivity contribution in [1.29, 1.82) is 0 Å². The molecule has 0 unspecified atom stereocenters. The van der Waals surface area contributed by atoms with Gasteiger partial charge >= 0.3 is 11.9 Å². The van der Waals surface area contributed by atoms with Gasteiger partial charge in [-0.25, -0.2) is 0 Å². The number of esters is 2. The van der Waals surface area contributed by atoms with E-state index in [0.29, 0.717) is 0 Å². The second-order valence-electron chi connectivity index (χ2n) is 6.56. The molecule has 23 heavy (non-hydrogen) atoms. The predicted octanol–water partition coefficient (Wildman–Crippen LogP) is 3.37. The summed E-state index contributed by atoms with van der Waals surface area (Å²) in [5.41, 5.74) is -0.557. The zero-order valence-electron chi connectivity index (χ0n) is 14.5. The molecule has 0 heterocycles. The quantitative estimate of drug-likeness (QED) is 0.720. The van der Waals surface area contributed by atoms with Crippen molar-refractivity contribution in [2.45, 2.75) is 52.7 Å². The zero-order valence-corrected chi connectivity index (χ0v) is 14.5. The maximum Gasteiger partial charge on any atom is 0.309 e. The van der Waals surface area contributed by atoms with Gasteiger partial charge in [0.05, 0.1) is 12.3 Å². The molecule has 1 rings (SSSR count). The first-order chi connectivity index (χ1) is 10.7. The van der Waals surface area contributed by atoms with Crippen LogP contribution in [0.5, 0.6) is 5.75 Å². The number of hydrogen-bond acceptors (Lipinski definition) is 5. The minimum Gasteiger partial charge on any atom is -0.487 e. The van der Waals surface area contributed by atoms with E-state index in [1.165, 1.54) is 0 Å². The van der Waals surface area contributed by atoms with Crippen molar-refractivity contribution in [2.75, 3.05) is 6.61 Å². The number of carbonyl (C=O) groups is 2. The van der Waals surface area contributed by atoms with Crippen LogP contribution in [0.15, 0.2) is 30.3 Å². The largest absolute Gasteiger partial charge is 0.487 e. The zero-order chi connectivity index (χ0) is 17.5. The fraction of sp³-hybridized carbons (Fsp3) is 0.556. The van der Waals surface area contributed by atoms with Crippen molar-refractivity contribution in [3.05, 3.63) is 30.3 Å². The summed E-state index contributed by atoms with van der Waals surface area (Å²) >= 11 is 0. The van der Waals surface area contributed by atoms with E-state index in [0.717, 1.165) is 5.75 Å². The third-order valence-electron chi connectivity index (χ3n) is 2.84. The lowest BCUT2D eigenvalue weighted by molar-refractivity contribution is -0.161. The van der Waals surface area contributed by atoms with E-state index in [1.54, 1.807) is 27.7 Å². The summed E-state index contributed by atoms with van der Waals surface area (Å²) in [4.78, 5) is 23.6. The van der Waals surface area contributed by atoms with Crippen molar-refractivity contribution in [3.8, 4) is 5.75 Å². The highest BCUT2D eigenvalue weighted by Crippen LogP contribution is 2.14. The molecule has 128 valence electrons. The Hall–Kier alpha value is -2.04. The van der Waals surface area contributed by atoms with Gasteiger partial charge in [0.25, 0.3) is 0 Å². The maximum atomic E-state index is 11.9. The van der Waals surface area contributed by atoms with Gasteiger partial charge in [0.2, 0.25) is 0 Å². The fourth-order valence-corrected chi connectivity index (χ4v) is 1.82. The molecule has 5 heteroatoms. The Morgan fingerprint density at radius 2 is 1.70 bits per heavy atom. The lowest BCUT2D eigenvalue weighted by Gasteiger charge is -2.21. The van der Waals surface area contributed by atoms with Gasteiger partial charge in [-0.2, -0.15) is 0 Å². The topological polar surface area (TPSA) is 61.8 Å².